The fourth-order valence-corrected chi connectivity index (χ4v) is 3.79. The van der Waals surface area contributed by atoms with Gasteiger partial charge in [0.2, 0.25) is 0 Å². The van der Waals surface area contributed by atoms with E-state index in [9.17, 15) is 13.6 Å². The summed E-state index contributed by atoms with van der Waals surface area (Å²) in [5, 5.41) is 0.762. The van der Waals surface area contributed by atoms with Gasteiger partial charge in [-0.1, -0.05) is 25.6 Å². The van der Waals surface area contributed by atoms with Crippen molar-refractivity contribution in [3.63, 3.8) is 0 Å². The van der Waals surface area contributed by atoms with Gasteiger partial charge in [0, 0.05) is 17.0 Å². The number of halogens is 2. The molecule has 0 bridgehead atoms. The first-order valence-corrected chi connectivity index (χ1v) is 8.67. The minimum atomic E-state index is -0.884. The van der Waals surface area contributed by atoms with Crippen LogP contribution in [0.15, 0.2) is 28.1 Å². The Labute approximate surface area is 149 Å². The van der Waals surface area contributed by atoms with Crippen LogP contribution in [-0.2, 0) is 11.3 Å². The third-order valence-corrected chi connectivity index (χ3v) is 4.49. The molecule has 0 radical (unpaired) electrons. The lowest BCUT2D eigenvalue weighted by Crippen LogP contribution is -2.16. The van der Waals surface area contributed by atoms with Crippen LogP contribution in [-0.4, -0.2) is 15.6 Å². The molecule has 0 aliphatic rings. The summed E-state index contributed by atoms with van der Waals surface area (Å²) in [6.07, 6.45) is -0.884. The Morgan fingerprint density at radius 2 is 1.84 bits per heavy atom. The number of carbonyl (C=O) groups excluding carboxylic acids is 1. The van der Waals surface area contributed by atoms with E-state index in [1.807, 2.05) is 32.3 Å². The van der Waals surface area contributed by atoms with Crippen molar-refractivity contribution in [2.75, 3.05) is 0 Å². The lowest BCUT2D eigenvalue weighted by Gasteiger charge is -2.16. The zero-order valence-corrected chi connectivity index (χ0v) is 15.4. The van der Waals surface area contributed by atoms with Crippen LogP contribution in [0.2, 0.25) is 0 Å². The van der Waals surface area contributed by atoms with Crippen molar-refractivity contribution >= 4 is 17.9 Å². The van der Waals surface area contributed by atoms with Crippen molar-refractivity contribution in [2.45, 2.75) is 56.2 Å². The second-order valence-corrected chi connectivity index (χ2v) is 7.21. The zero-order valence-electron chi connectivity index (χ0n) is 14.5. The monoisotopic (exact) mass is 369 g/mol. The van der Waals surface area contributed by atoms with E-state index in [-0.39, 0.29) is 18.6 Å². The molecule has 0 unspecified atom stereocenters. The van der Waals surface area contributed by atoms with Gasteiger partial charge in [-0.2, -0.15) is 0 Å². The number of ether oxygens (including phenoxy) is 1. The Hall–Kier alpha value is -2.09. The molecular weight excluding hydrogens is 348 g/mol. The van der Waals surface area contributed by atoms with Crippen LogP contribution in [0.25, 0.3) is 0 Å². The number of rotatable bonds is 6. The smallest absolute Gasteiger partial charge is 0.404 e. The summed E-state index contributed by atoms with van der Waals surface area (Å²) in [7, 11) is 0. The minimum Gasteiger partial charge on any atom is -0.442 e. The molecule has 2 rings (SSSR count). The molecule has 136 valence electrons. The molecule has 0 aliphatic carbocycles. The largest absolute Gasteiger partial charge is 0.442 e. The van der Waals surface area contributed by atoms with Crippen molar-refractivity contribution in [3.05, 3.63) is 41.4 Å². The predicted octanol–water partition coefficient (Wildman–Crippen LogP) is 4.61. The SMILES string of the molecule is CC(C)c1nc(COC(N)=O)n(C(C)C)c1Sc1cc(F)cc(F)c1. The molecular formula is C17H21F2N3O2S. The first-order valence-electron chi connectivity index (χ1n) is 7.86. The highest BCUT2D eigenvalue weighted by Gasteiger charge is 2.23. The van der Waals surface area contributed by atoms with Crippen LogP contribution in [0.1, 0.15) is 51.2 Å². The van der Waals surface area contributed by atoms with Crippen LogP contribution < -0.4 is 5.73 Å². The van der Waals surface area contributed by atoms with E-state index < -0.39 is 17.7 Å². The number of imidazole rings is 1. The number of benzene rings is 1. The average molecular weight is 369 g/mol. The maximum absolute atomic E-state index is 13.5. The Morgan fingerprint density at radius 3 is 2.32 bits per heavy atom. The normalized spacial score (nSPS) is 11.4. The van der Waals surface area contributed by atoms with Crippen LogP contribution >= 0.6 is 11.8 Å². The molecule has 25 heavy (non-hydrogen) atoms. The molecule has 2 aromatic rings. The van der Waals surface area contributed by atoms with Gasteiger partial charge in [0.15, 0.2) is 6.61 Å². The van der Waals surface area contributed by atoms with Crippen LogP contribution in [0.5, 0.6) is 0 Å². The van der Waals surface area contributed by atoms with E-state index in [0.29, 0.717) is 10.7 Å². The molecule has 1 aromatic carbocycles. The first kappa shape index (κ1) is 19.2. The Kier molecular flexibility index (Phi) is 6.05. The fraction of sp³-hybridized carbons (Fsp3) is 0.412. The van der Waals surface area contributed by atoms with Gasteiger partial charge < -0.3 is 15.0 Å². The number of amides is 1. The molecule has 5 nitrogen and oxygen atoms in total. The van der Waals surface area contributed by atoms with Crippen molar-refractivity contribution in [2.24, 2.45) is 5.73 Å². The fourth-order valence-electron chi connectivity index (χ4n) is 2.43. The van der Waals surface area contributed by atoms with Gasteiger partial charge in [-0.15, -0.1) is 0 Å². The van der Waals surface area contributed by atoms with Crippen molar-refractivity contribution in [1.29, 1.82) is 0 Å². The highest BCUT2D eigenvalue weighted by molar-refractivity contribution is 7.99. The summed E-state index contributed by atoms with van der Waals surface area (Å²) in [4.78, 5) is 15.9. The van der Waals surface area contributed by atoms with Crippen molar-refractivity contribution in [1.82, 2.24) is 9.55 Å². The molecule has 0 fully saturated rings. The minimum absolute atomic E-state index is 0.00684. The average Bonchev–Trinajstić information content (AvgIpc) is 2.82. The molecule has 1 amide bonds. The molecule has 1 heterocycles. The number of hydrogen-bond acceptors (Lipinski definition) is 4. The van der Waals surface area contributed by atoms with E-state index in [1.165, 1.54) is 23.9 Å². The number of nitrogens with two attached hydrogens (primary N) is 1. The molecule has 0 atom stereocenters. The number of primary amides is 1. The summed E-state index contributed by atoms with van der Waals surface area (Å²) in [6, 6.07) is 3.39. The Morgan fingerprint density at radius 1 is 1.24 bits per heavy atom. The molecule has 0 aliphatic heterocycles. The Balaban J connectivity index is 2.51. The van der Waals surface area contributed by atoms with Gasteiger partial charge in [-0.3, -0.25) is 0 Å². The van der Waals surface area contributed by atoms with Crippen LogP contribution in [0, 0.1) is 11.6 Å². The highest BCUT2D eigenvalue weighted by Crippen LogP contribution is 2.37. The van der Waals surface area contributed by atoms with E-state index in [4.69, 9.17) is 10.5 Å². The molecule has 0 saturated carbocycles. The molecule has 1 aromatic heterocycles. The summed E-state index contributed by atoms with van der Waals surface area (Å²) >= 11 is 1.23. The maximum atomic E-state index is 13.5. The lowest BCUT2D eigenvalue weighted by atomic mass is 10.1. The van der Waals surface area contributed by atoms with Gasteiger partial charge in [0.05, 0.1) is 5.69 Å². The third-order valence-electron chi connectivity index (χ3n) is 3.42. The van der Waals surface area contributed by atoms with Gasteiger partial charge in [-0.05, 0) is 31.9 Å². The lowest BCUT2D eigenvalue weighted by molar-refractivity contribution is 0.145. The van der Waals surface area contributed by atoms with Crippen LogP contribution in [0.4, 0.5) is 13.6 Å². The van der Waals surface area contributed by atoms with Gasteiger partial charge >= 0.3 is 6.09 Å². The second-order valence-electron chi connectivity index (χ2n) is 6.15. The molecule has 0 spiro atoms. The van der Waals surface area contributed by atoms with Gasteiger partial charge in [0.1, 0.15) is 22.5 Å². The molecule has 8 heteroatoms. The van der Waals surface area contributed by atoms with E-state index >= 15 is 0 Å². The van der Waals surface area contributed by atoms with E-state index in [0.717, 1.165) is 16.8 Å². The Bertz CT molecular complexity index is 755. The van der Waals surface area contributed by atoms with Crippen molar-refractivity contribution < 1.29 is 18.3 Å². The molecule has 0 saturated heterocycles. The first-order chi connectivity index (χ1) is 11.7. The van der Waals surface area contributed by atoms with Crippen LogP contribution in [0.3, 0.4) is 0 Å². The summed E-state index contributed by atoms with van der Waals surface area (Å²) in [5.74, 6) is -0.659. The standard InChI is InChI=1S/C17H21F2N3O2S/c1-9(2)15-16(25-13-6-11(18)5-12(19)7-13)22(10(3)4)14(21-15)8-24-17(20)23/h5-7,9-10H,8H2,1-4H3,(H2,20,23). The van der Waals surface area contributed by atoms with E-state index in [1.54, 1.807) is 0 Å². The number of carbonyl (C=O) groups is 1. The van der Waals surface area contributed by atoms with E-state index in [2.05, 4.69) is 4.98 Å². The number of nitrogens with zero attached hydrogens (tertiary/aromatic N) is 2. The summed E-state index contributed by atoms with van der Waals surface area (Å²) in [6.45, 7) is 7.79. The molecule has 2 N–H and O–H groups in total. The maximum Gasteiger partial charge on any atom is 0.404 e. The summed E-state index contributed by atoms with van der Waals surface area (Å²) < 4.78 is 33.8. The predicted molar refractivity (Wildman–Crippen MR) is 91.6 cm³/mol. The van der Waals surface area contributed by atoms with Crippen molar-refractivity contribution in [3.8, 4) is 0 Å². The summed E-state index contributed by atoms with van der Waals surface area (Å²) in [5.41, 5.74) is 5.81. The van der Waals surface area contributed by atoms with Gasteiger partial charge in [-0.25, -0.2) is 18.6 Å². The second kappa shape index (κ2) is 7.86. The number of aromatic nitrogens is 2. The number of hydrogen-bond donors (Lipinski definition) is 1. The quantitative estimate of drug-likeness (QED) is 0.807. The third kappa shape index (κ3) is 4.72. The van der Waals surface area contributed by atoms with Gasteiger partial charge in [0.25, 0.3) is 0 Å². The highest BCUT2D eigenvalue weighted by atomic mass is 32.2. The zero-order chi connectivity index (χ0) is 18.7. The topological polar surface area (TPSA) is 70.1 Å².